The number of carbonyl (C=O) groups excluding carboxylic acids is 2. The van der Waals surface area contributed by atoms with E-state index in [0.717, 1.165) is 12.0 Å². The highest BCUT2D eigenvalue weighted by atomic mass is 19.3. The molecule has 8 heteroatoms. The van der Waals surface area contributed by atoms with Gasteiger partial charge in [-0.1, -0.05) is 13.0 Å². The maximum Gasteiger partial charge on any atom is 0.414 e. The van der Waals surface area contributed by atoms with Crippen LogP contribution in [0, 0.1) is 5.92 Å². The van der Waals surface area contributed by atoms with E-state index in [1.807, 2.05) is 37.1 Å². The maximum absolute atomic E-state index is 13.3. The Balaban J connectivity index is 1.88. The first-order chi connectivity index (χ1) is 14.9. The van der Waals surface area contributed by atoms with E-state index in [4.69, 9.17) is 4.74 Å². The summed E-state index contributed by atoms with van der Waals surface area (Å²) in [5.41, 5.74) is 2.35. The van der Waals surface area contributed by atoms with E-state index < -0.39 is 17.9 Å². The zero-order valence-electron chi connectivity index (χ0n) is 19.9. The molecule has 0 saturated heterocycles. The third kappa shape index (κ3) is 5.22. The van der Waals surface area contributed by atoms with Crippen LogP contribution in [-0.2, 0) is 9.53 Å². The number of fused-ring (bicyclic) bond motifs is 1. The average molecular weight is 452 g/mol. The van der Waals surface area contributed by atoms with Crippen molar-refractivity contribution in [2.24, 2.45) is 5.92 Å². The number of carbonyl (C=O) groups is 2. The summed E-state index contributed by atoms with van der Waals surface area (Å²) in [5, 5.41) is 0. The van der Waals surface area contributed by atoms with Crippen LogP contribution in [0.25, 0.3) is 0 Å². The molecule has 0 N–H and O–H groups in total. The Bertz CT molecular complexity index is 861. The Hall–Kier alpha value is -2.22. The molecule has 2 aliphatic rings. The van der Waals surface area contributed by atoms with Crippen LogP contribution in [0.1, 0.15) is 58.9 Å². The number of anilines is 2. The number of halogens is 2. The third-order valence-electron chi connectivity index (χ3n) is 6.32. The topological polar surface area (TPSA) is 53.1 Å². The normalized spacial score (nSPS) is 22.7. The standard InChI is InChI=1S/C24H35F2N3O3/c1-7-18(13-27(6)14-20-11-24(20,25)26)19-8-9-21-22(10-19)28(23(31)32-15(2)3)12-16(4)29(21)17(5)30/h8-10,15-16,18,20H,7,11-14H2,1-6H3/t16-,18?,20?/m0/s1. The summed E-state index contributed by atoms with van der Waals surface area (Å²) in [6, 6.07) is 5.63. The molecular weight excluding hydrogens is 416 g/mol. The lowest BCUT2D eigenvalue weighted by atomic mass is 9.93. The molecular formula is C24H35F2N3O3. The van der Waals surface area contributed by atoms with Gasteiger partial charge in [0, 0.05) is 38.9 Å². The maximum atomic E-state index is 13.3. The molecule has 178 valence electrons. The van der Waals surface area contributed by atoms with Crippen molar-refractivity contribution in [1.82, 2.24) is 4.90 Å². The van der Waals surface area contributed by atoms with E-state index in [1.54, 1.807) is 23.6 Å². The minimum Gasteiger partial charge on any atom is -0.446 e. The Morgan fingerprint density at radius 2 is 1.94 bits per heavy atom. The van der Waals surface area contributed by atoms with Crippen LogP contribution in [0.3, 0.4) is 0 Å². The van der Waals surface area contributed by atoms with E-state index in [1.165, 1.54) is 6.92 Å². The number of likely N-dealkylation sites (N-methyl/N-ethyl adjacent to an activating group) is 1. The van der Waals surface area contributed by atoms with Crippen LogP contribution in [0.5, 0.6) is 0 Å². The van der Waals surface area contributed by atoms with E-state index in [9.17, 15) is 18.4 Å². The molecule has 1 saturated carbocycles. The van der Waals surface area contributed by atoms with Crippen molar-refractivity contribution in [2.45, 2.75) is 71.4 Å². The van der Waals surface area contributed by atoms with Crippen LogP contribution in [0.15, 0.2) is 18.2 Å². The van der Waals surface area contributed by atoms with E-state index in [0.29, 0.717) is 31.0 Å². The quantitative estimate of drug-likeness (QED) is 0.593. The Labute approximate surface area is 189 Å². The first-order valence-corrected chi connectivity index (χ1v) is 11.4. The fourth-order valence-electron chi connectivity index (χ4n) is 4.58. The van der Waals surface area contributed by atoms with Crippen molar-refractivity contribution in [3.05, 3.63) is 23.8 Å². The molecule has 1 fully saturated rings. The minimum absolute atomic E-state index is 0.0288. The molecule has 3 atom stereocenters. The predicted molar refractivity (Wildman–Crippen MR) is 122 cm³/mol. The smallest absolute Gasteiger partial charge is 0.414 e. The van der Waals surface area contributed by atoms with Gasteiger partial charge in [0.15, 0.2) is 0 Å². The minimum atomic E-state index is -2.52. The summed E-state index contributed by atoms with van der Waals surface area (Å²) in [7, 11) is 1.88. The van der Waals surface area contributed by atoms with Crippen molar-refractivity contribution >= 4 is 23.4 Å². The molecule has 1 aromatic rings. The molecule has 2 amide bonds. The van der Waals surface area contributed by atoms with E-state index >= 15 is 0 Å². The number of amides is 2. The number of alkyl halides is 2. The van der Waals surface area contributed by atoms with Gasteiger partial charge in [-0.25, -0.2) is 13.6 Å². The van der Waals surface area contributed by atoms with Gasteiger partial charge >= 0.3 is 6.09 Å². The monoisotopic (exact) mass is 451 g/mol. The lowest BCUT2D eigenvalue weighted by molar-refractivity contribution is -0.117. The molecule has 1 aliphatic carbocycles. The van der Waals surface area contributed by atoms with Gasteiger partial charge in [0.2, 0.25) is 5.91 Å². The predicted octanol–water partition coefficient (Wildman–Crippen LogP) is 4.87. The summed E-state index contributed by atoms with van der Waals surface area (Å²) < 4.78 is 32.1. The van der Waals surface area contributed by atoms with Gasteiger partial charge in [-0.3, -0.25) is 9.69 Å². The van der Waals surface area contributed by atoms with Crippen molar-refractivity contribution in [1.29, 1.82) is 0 Å². The van der Waals surface area contributed by atoms with Crippen LogP contribution in [0.2, 0.25) is 0 Å². The molecule has 0 spiro atoms. The van der Waals surface area contributed by atoms with Gasteiger partial charge in [0.25, 0.3) is 5.92 Å². The molecule has 0 radical (unpaired) electrons. The molecule has 2 unspecified atom stereocenters. The number of rotatable bonds is 7. The fraction of sp³-hybridized carbons (Fsp3) is 0.667. The van der Waals surface area contributed by atoms with Gasteiger partial charge < -0.3 is 14.5 Å². The Kier molecular flexibility index (Phi) is 7.12. The summed E-state index contributed by atoms with van der Waals surface area (Å²) in [5.74, 6) is -3.04. The van der Waals surface area contributed by atoms with Crippen molar-refractivity contribution in [3.63, 3.8) is 0 Å². The highest BCUT2D eigenvalue weighted by Gasteiger charge is 2.56. The van der Waals surface area contributed by atoms with E-state index in [-0.39, 0.29) is 30.4 Å². The Morgan fingerprint density at radius 3 is 2.47 bits per heavy atom. The Morgan fingerprint density at radius 1 is 1.28 bits per heavy atom. The molecule has 0 aromatic heterocycles. The molecule has 0 bridgehead atoms. The van der Waals surface area contributed by atoms with Crippen LogP contribution >= 0.6 is 0 Å². The first kappa shape index (κ1) is 24.4. The zero-order chi connectivity index (χ0) is 23.8. The lowest BCUT2D eigenvalue weighted by Gasteiger charge is -2.41. The van der Waals surface area contributed by atoms with Gasteiger partial charge in [0.1, 0.15) is 0 Å². The number of ether oxygens (including phenoxy) is 1. The van der Waals surface area contributed by atoms with Crippen LogP contribution < -0.4 is 9.80 Å². The van der Waals surface area contributed by atoms with Gasteiger partial charge in [-0.05, 0) is 57.9 Å². The van der Waals surface area contributed by atoms with Gasteiger partial charge in [-0.2, -0.15) is 0 Å². The second kappa shape index (κ2) is 9.33. The molecule has 1 aliphatic heterocycles. The second-order valence-corrected chi connectivity index (χ2v) is 9.52. The molecule has 32 heavy (non-hydrogen) atoms. The fourth-order valence-corrected chi connectivity index (χ4v) is 4.58. The van der Waals surface area contributed by atoms with Gasteiger partial charge in [0.05, 0.1) is 23.5 Å². The highest BCUT2D eigenvalue weighted by Crippen LogP contribution is 2.49. The van der Waals surface area contributed by atoms with Crippen molar-refractivity contribution < 1.29 is 23.1 Å². The average Bonchev–Trinajstić information content (AvgIpc) is 3.29. The molecule has 3 rings (SSSR count). The largest absolute Gasteiger partial charge is 0.446 e. The van der Waals surface area contributed by atoms with Crippen LogP contribution in [0.4, 0.5) is 25.0 Å². The number of nitrogens with zero attached hydrogens (tertiary/aromatic N) is 3. The second-order valence-electron chi connectivity index (χ2n) is 9.52. The number of hydrogen-bond acceptors (Lipinski definition) is 4. The SMILES string of the molecule is CCC(CN(C)CC1CC1(F)F)c1ccc2c(c1)N(C(=O)OC(C)C)C[C@H](C)N2C(C)=O. The van der Waals surface area contributed by atoms with E-state index in [2.05, 4.69) is 6.92 Å². The summed E-state index contributed by atoms with van der Waals surface area (Å²) in [6.45, 7) is 10.5. The van der Waals surface area contributed by atoms with Crippen molar-refractivity contribution in [3.8, 4) is 0 Å². The summed E-state index contributed by atoms with van der Waals surface area (Å²) >= 11 is 0. The zero-order valence-corrected chi connectivity index (χ0v) is 19.9. The third-order valence-corrected chi connectivity index (χ3v) is 6.32. The first-order valence-electron chi connectivity index (χ1n) is 11.4. The number of benzene rings is 1. The molecule has 6 nitrogen and oxygen atoms in total. The highest BCUT2D eigenvalue weighted by molar-refractivity contribution is 6.02. The van der Waals surface area contributed by atoms with Gasteiger partial charge in [-0.15, -0.1) is 0 Å². The number of hydrogen-bond donors (Lipinski definition) is 0. The lowest BCUT2D eigenvalue weighted by Crippen LogP contribution is -2.51. The van der Waals surface area contributed by atoms with Crippen molar-refractivity contribution in [2.75, 3.05) is 36.5 Å². The summed E-state index contributed by atoms with van der Waals surface area (Å²) in [6.07, 6.45) is 0.106. The van der Waals surface area contributed by atoms with Crippen LogP contribution in [-0.4, -0.2) is 61.7 Å². The summed E-state index contributed by atoms with van der Waals surface area (Å²) in [4.78, 5) is 30.4. The molecule has 1 aromatic carbocycles. The molecule has 1 heterocycles.